The molecule has 0 aliphatic heterocycles. The average Bonchev–Trinajstić information content (AvgIpc) is 3.10. The molecule has 0 N–H and O–H groups in total. The fourth-order valence-corrected chi connectivity index (χ4v) is 14.2. The van der Waals surface area contributed by atoms with Crippen molar-refractivity contribution in [2.24, 2.45) is 0 Å². The molecule has 0 fully saturated rings. The quantitative estimate of drug-likeness (QED) is 0.0853. The van der Waals surface area contributed by atoms with Crippen LogP contribution in [-0.4, -0.2) is 37.0 Å². The lowest BCUT2D eigenvalue weighted by atomic mass is 10.2. The van der Waals surface area contributed by atoms with Gasteiger partial charge < -0.3 is 4.90 Å². The average molecular weight is 678 g/mol. The molecular formula is C42H66NP3. The van der Waals surface area contributed by atoms with Crippen LogP contribution < -0.4 is 20.8 Å². The van der Waals surface area contributed by atoms with Crippen molar-refractivity contribution < 1.29 is 0 Å². The first-order valence-corrected chi connectivity index (χ1v) is 24.1. The van der Waals surface area contributed by atoms with E-state index in [0.717, 1.165) is 0 Å². The number of unbranched alkanes of at least 4 members (excludes halogenated alkanes) is 6. The first-order chi connectivity index (χ1) is 22.6. The van der Waals surface area contributed by atoms with Crippen LogP contribution in [0.4, 0.5) is 17.1 Å². The van der Waals surface area contributed by atoms with Crippen LogP contribution in [0.3, 0.4) is 0 Å². The topological polar surface area (TPSA) is 3.24 Å². The summed E-state index contributed by atoms with van der Waals surface area (Å²) in [5, 5.41) is 4.75. The van der Waals surface area contributed by atoms with Crippen molar-refractivity contribution in [2.45, 2.75) is 119 Å². The fourth-order valence-electron chi connectivity index (χ4n) is 6.09. The molecule has 254 valence electrons. The van der Waals surface area contributed by atoms with Crippen LogP contribution in [0.1, 0.15) is 119 Å². The number of anilines is 3. The Morgan fingerprint density at radius 3 is 0.696 bits per heavy atom. The van der Waals surface area contributed by atoms with Crippen LogP contribution in [0.25, 0.3) is 0 Å². The van der Waals surface area contributed by atoms with E-state index in [-0.39, 0.29) is 23.8 Å². The Hall–Kier alpha value is -1.25. The van der Waals surface area contributed by atoms with Crippen molar-refractivity contribution >= 4 is 56.7 Å². The zero-order valence-corrected chi connectivity index (χ0v) is 33.1. The maximum absolute atomic E-state index is 2.51. The van der Waals surface area contributed by atoms with Crippen molar-refractivity contribution in [3.8, 4) is 0 Å². The van der Waals surface area contributed by atoms with Crippen LogP contribution in [0, 0.1) is 0 Å². The van der Waals surface area contributed by atoms with E-state index in [4.69, 9.17) is 0 Å². The minimum atomic E-state index is -0.0666. The number of benzene rings is 3. The van der Waals surface area contributed by atoms with Crippen molar-refractivity contribution in [3.05, 3.63) is 72.8 Å². The van der Waals surface area contributed by atoms with E-state index in [0.29, 0.717) is 0 Å². The second-order valence-corrected chi connectivity index (χ2v) is 20.4. The lowest BCUT2D eigenvalue weighted by Gasteiger charge is -2.28. The van der Waals surface area contributed by atoms with Gasteiger partial charge in [-0.15, -0.1) is 0 Å². The van der Waals surface area contributed by atoms with Gasteiger partial charge in [-0.1, -0.05) is 140 Å². The smallest absolute Gasteiger partial charge is 0.0462 e. The first-order valence-electron chi connectivity index (χ1n) is 18.9. The maximum Gasteiger partial charge on any atom is 0.0462 e. The molecule has 0 radical (unpaired) electrons. The standard InChI is InChI=1S/C42H66NP3/c1-7-13-31-44(32-14-8-2)40-25-19-37(20-26-40)43(38-21-27-41(28-22-38)45(33-15-9-3)34-16-10-4)39-23-29-42(30-24-39)46(35-17-11-5)36-18-12-6/h19-30H,7-18,31-36H2,1-6H3. The summed E-state index contributed by atoms with van der Waals surface area (Å²) in [5.74, 6) is 0. The lowest BCUT2D eigenvalue weighted by Crippen LogP contribution is -2.15. The van der Waals surface area contributed by atoms with Crippen LogP contribution in [0.2, 0.25) is 0 Å². The molecule has 1 nitrogen and oxygen atoms in total. The minimum Gasteiger partial charge on any atom is -0.311 e. The Labute approximate surface area is 289 Å². The minimum absolute atomic E-state index is 0.0666. The summed E-state index contributed by atoms with van der Waals surface area (Å²) in [6.07, 6.45) is 24.1. The molecule has 3 aromatic carbocycles. The van der Waals surface area contributed by atoms with E-state index in [9.17, 15) is 0 Å². The molecular weight excluding hydrogens is 611 g/mol. The number of hydrogen-bond acceptors (Lipinski definition) is 1. The molecule has 0 heterocycles. The predicted octanol–water partition coefficient (Wildman–Crippen LogP) is 13.3. The first kappa shape index (κ1) is 39.2. The Morgan fingerprint density at radius 2 is 0.522 bits per heavy atom. The molecule has 0 bridgehead atoms. The van der Waals surface area contributed by atoms with E-state index < -0.39 is 0 Å². The van der Waals surface area contributed by atoms with Crippen LogP contribution in [0.5, 0.6) is 0 Å². The molecule has 0 aromatic heterocycles. The molecule has 46 heavy (non-hydrogen) atoms. The third-order valence-corrected chi connectivity index (χ3v) is 17.3. The molecule has 0 saturated heterocycles. The molecule has 0 aliphatic rings. The van der Waals surface area contributed by atoms with Crippen molar-refractivity contribution in [2.75, 3.05) is 41.9 Å². The van der Waals surface area contributed by atoms with Crippen LogP contribution >= 0.6 is 23.8 Å². The van der Waals surface area contributed by atoms with Gasteiger partial charge in [0.2, 0.25) is 0 Å². The largest absolute Gasteiger partial charge is 0.311 e. The Kier molecular flexibility index (Phi) is 19.7. The van der Waals surface area contributed by atoms with Gasteiger partial charge in [-0.2, -0.15) is 0 Å². The van der Waals surface area contributed by atoms with E-state index in [1.54, 1.807) is 15.9 Å². The van der Waals surface area contributed by atoms with E-state index in [1.165, 1.54) is 131 Å². The van der Waals surface area contributed by atoms with Gasteiger partial charge in [-0.05, 0) is 128 Å². The highest BCUT2D eigenvalue weighted by Gasteiger charge is 2.18. The van der Waals surface area contributed by atoms with Gasteiger partial charge in [0.15, 0.2) is 0 Å². The number of nitrogens with zero attached hydrogens (tertiary/aromatic N) is 1. The summed E-state index contributed by atoms with van der Waals surface area (Å²) in [7, 11) is -0.200. The lowest BCUT2D eigenvalue weighted by molar-refractivity contribution is 0.870. The Morgan fingerprint density at radius 1 is 0.326 bits per heavy atom. The normalized spacial score (nSPS) is 11.7. The van der Waals surface area contributed by atoms with Gasteiger partial charge in [-0.25, -0.2) is 0 Å². The van der Waals surface area contributed by atoms with E-state index in [1.807, 2.05) is 0 Å². The van der Waals surface area contributed by atoms with E-state index in [2.05, 4.69) is 119 Å². The zero-order chi connectivity index (χ0) is 33.0. The van der Waals surface area contributed by atoms with Gasteiger partial charge in [0.1, 0.15) is 0 Å². The highest BCUT2D eigenvalue weighted by atomic mass is 31.1. The van der Waals surface area contributed by atoms with Crippen LogP contribution in [-0.2, 0) is 0 Å². The Bertz CT molecular complexity index is 1000. The second-order valence-electron chi connectivity index (χ2n) is 13.0. The monoisotopic (exact) mass is 677 g/mol. The second kappa shape index (κ2) is 23.2. The summed E-state index contributed by atoms with van der Waals surface area (Å²) in [4.78, 5) is 2.51. The van der Waals surface area contributed by atoms with Gasteiger partial charge in [0, 0.05) is 17.1 Å². The van der Waals surface area contributed by atoms with Crippen molar-refractivity contribution in [1.29, 1.82) is 0 Å². The highest BCUT2D eigenvalue weighted by molar-refractivity contribution is 7.66. The molecule has 0 unspecified atom stereocenters. The van der Waals surface area contributed by atoms with Gasteiger partial charge >= 0.3 is 0 Å². The Balaban J connectivity index is 1.98. The van der Waals surface area contributed by atoms with Gasteiger partial charge in [0.25, 0.3) is 0 Å². The molecule has 0 amide bonds. The third-order valence-electron chi connectivity index (χ3n) is 9.11. The zero-order valence-electron chi connectivity index (χ0n) is 30.4. The molecule has 0 saturated carbocycles. The summed E-state index contributed by atoms with van der Waals surface area (Å²) in [6, 6.07) is 29.3. The number of rotatable bonds is 24. The van der Waals surface area contributed by atoms with E-state index >= 15 is 0 Å². The van der Waals surface area contributed by atoms with Crippen molar-refractivity contribution in [3.63, 3.8) is 0 Å². The molecule has 3 rings (SSSR count). The summed E-state index contributed by atoms with van der Waals surface area (Å²) < 4.78 is 0. The summed E-state index contributed by atoms with van der Waals surface area (Å²) in [6.45, 7) is 14.0. The maximum atomic E-state index is 2.51. The molecule has 0 aliphatic carbocycles. The van der Waals surface area contributed by atoms with Crippen molar-refractivity contribution in [1.82, 2.24) is 0 Å². The highest BCUT2D eigenvalue weighted by Crippen LogP contribution is 2.42. The fraction of sp³-hybridized carbons (Fsp3) is 0.571. The summed E-state index contributed by atoms with van der Waals surface area (Å²) in [5.41, 5.74) is 3.84. The van der Waals surface area contributed by atoms with Gasteiger partial charge in [0.05, 0.1) is 0 Å². The SMILES string of the molecule is CCCCP(CCCC)c1ccc(N(c2ccc(P(CCCC)CCCC)cc2)c2ccc(P(CCCC)CCCC)cc2)cc1. The van der Waals surface area contributed by atoms with Crippen LogP contribution in [0.15, 0.2) is 72.8 Å². The molecule has 0 atom stereocenters. The summed E-state index contributed by atoms with van der Waals surface area (Å²) >= 11 is 0. The predicted molar refractivity (Wildman–Crippen MR) is 219 cm³/mol. The molecule has 3 aromatic rings. The number of hydrogen-bond donors (Lipinski definition) is 0. The van der Waals surface area contributed by atoms with Gasteiger partial charge in [-0.3, -0.25) is 0 Å². The third kappa shape index (κ3) is 12.7. The molecule has 0 spiro atoms. The molecule has 4 heteroatoms.